The summed E-state index contributed by atoms with van der Waals surface area (Å²) in [5.74, 6) is 0.133. The number of fused-ring (bicyclic) bond motifs is 3. The van der Waals surface area contributed by atoms with E-state index in [0.717, 1.165) is 12.6 Å². The summed E-state index contributed by atoms with van der Waals surface area (Å²) in [5, 5.41) is 14.2. The fraction of sp³-hybridized carbons (Fsp3) is 0.571. The molecule has 2 bridgehead atoms. The molecule has 4 rings (SSSR count). The fourth-order valence-corrected chi connectivity index (χ4v) is 3.29. The van der Waals surface area contributed by atoms with Crippen LogP contribution in [0.4, 0.5) is 10.1 Å². The van der Waals surface area contributed by atoms with Gasteiger partial charge in [-0.15, -0.1) is 0 Å². The third-order valence-electron chi connectivity index (χ3n) is 4.38. The molecule has 20 heavy (non-hydrogen) atoms. The van der Waals surface area contributed by atoms with Gasteiger partial charge in [-0.25, -0.2) is 4.39 Å². The van der Waals surface area contributed by atoms with Gasteiger partial charge in [0.15, 0.2) is 0 Å². The second kappa shape index (κ2) is 5.46. The number of rotatable bonds is 4. The highest BCUT2D eigenvalue weighted by Crippen LogP contribution is 2.27. The maximum Gasteiger partial charge on any atom is 0.272 e. The number of halogens is 1. The number of hydrogen-bond acceptors (Lipinski definition) is 4. The molecule has 3 heterocycles. The molecule has 0 aromatic heterocycles. The first-order valence-corrected chi connectivity index (χ1v) is 7.01. The van der Waals surface area contributed by atoms with E-state index in [4.69, 9.17) is 0 Å². The summed E-state index contributed by atoms with van der Waals surface area (Å²) in [6.07, 6.45) is 2.42. The minimum Gasteiger partial charge on any atom is -0.308 e. The Bertz CT molecular complexity index is 515. The summed E-state index contributed by atoms with van der Waals surface area (Å²) >= 11 is 0. The standard InChI is InChI=1S/C14H18FN3O2/c15-12-5-10(6-13(7-12)18(19)20)8-16-14-9-17-3-1-11(14)2-4-17/h5-7,11,14,16H,1-4,8-9H2. The maximum absolute atomic E-state index is 13.4. The number of nitro benzene ring substituents is 1. The number of hydrogen-bond donors (Lipinski definition) is 1. The Kier molecular flexibility index (Phi) is 3.67. The number of nitro groups is 1. The molecule has 1 unspecified atom stereocenters. The quantitative estimate of drug-likeness (QED) is 0.675. The molecule has 1 atom stereocenters. The lowest BCUT2D eigenvalue weighted by Gasteiger charge is -2.45. The Hall–Kier alpha value is -1.53. The van der Waals surface area contributed by atoms with Crippen molar-refractivity contribution in [3.05, 3.63) is 39.7 Å². The zero-order chi connectivity index (χ0) is 14.1. The van der Waals surface area contributed by atoms with Crippen LogP contribution in [0.3, 0.4) is 0 Å². The highest BCUT2D eigenvalue weighted by molar-refractivity contribution is 5.35. The average molecular weight is 279 g/mol. The molecule has 0 radical (unpaired) electrons. The van der Waals surface area contributed by atoms with Crippen molar-refractivity contribution in [3.63, 3.8) is 0 Å². The molecular formula is C14H18FN3O2. The van der Waals surface area contributed by atoms with Crippen LogP contribution in [-0.2, 0) is 6.54 Å². The molecular weight excluding hydrogens is 261 g/mol. The average Bonchev–Trinajstić information content (AvgIpc) is 2.46. The fourth-order valence-electron chi connectivity index (χ4n) is 3.29. The topological polar surface area (TPSA) is 58.4 Å². The summed E-state index contributed by atoms with van der Waals surface area (Å²) in [7, 11) is 0. The molecule has 0 spiro atoms. The zero-order valence-electron chi connectivity index (χ0n) is 11.2. The number of benzene rings is 1. The smallest absolute Gasteiger partial charge is 0.272 e. The van der Waals surface area contributed by atoms with Crippen molar-refractivity contribution in [1.82, 2.24) is 10.2 Å². The molecule has 108 valence electrons. The van der Waals surface area contributed by atoms with Crippen molar-refractivity contribution in [3.8, 4) is 0 Å². The van der Waals surface area contributed by atoms with E-state index >= 15 is 0 Å². The van der Waals surface area contributed by atoms with E-state index in [1.54, 1.807) is 0 Å². The summed E-state index contributed by atoms with van der Waals surface area (Å²) in [6.45, 7) is 3.86. The minimum absolute atomic E-state index is 0.185. The molecule has 0 amide bonds. The van der Waals surface area contributed by atoms with Gasteiger partial charge < -0.3 is 10.2 Å². The Morgan fingerprint density at radius 2 is 2.10 bits per heavy atom. The van der Waals surface area contributed by atoms with Gasteiger partial charge in [-0.3, -0.25) is 10.1 Å². The number of piperidine rings is 3. The van der Waals surface area contributed by atoms with Crippen LogP contribution in [0, 0.1) is 21.8 Å². The predicted molar refractivity (Wildman–Crippen MR) is 72.8 cm³/mol. The zero-order valence-corrected chi connectivity index (χ0v) is 11.2. The lowest BCUT2D eigenvalue weighted by molar-refractivity contribution is -0.385. The van der Waals surface area contributed by atoms with E-state index in [0.29, 0.717) is 24.1 Å². The number of nitrogens with zero attached hydrogens (tertiary/aromatic N) is 2. The first-order chi connectivity index (χ1) is 9.61. The Labute approximate surface area is 116 Å². The van der Waals surface area contributed by atoms with Crippen molar-refractivity contribution in [1.29, 1.82) is 0 Å². The van der Waals surface area contributed by atoms with Crippen molar-refractivity contribution < 1.29 is 9.31 Å². The summed E-state index contributed by atoms with van der Waals surface area (Å²) in [5.41, 5.74) is 0.448. The van der Waals surface area contributed by atoms with Gasteiger partial charge >= 0.3 is 0 Å². The van der Waals surface area contributed by atoms with Gasteiger partial charge in [0, 0.05) is 25.2 Å². The van der Waals surface area contributed by atoms with Crippen molar-refractivity contribution in [2.75, 3.05) is 19.6 Å². The normalized spacial score (nSPS) is 28.6. The Morgan fingerprint density at radius 3 is 2.70 bits per heavy atom. The predicted octanol–water partition coefficient (Wildman–Crippen LogP) is 1.92. The summed E-state index contributed by atoms with van der Waals surface area (Å²) < 4.78 is 13.4. The third kappa shape index (κ3) is 2.81. The second-order valence-corrected chi connectivity index (χ2v) is 5.70. The van der Waals surface area contributed by atoms with Gasteiger partial charge in [-0.05, 0) is 43.5 Å². The van der Waals surface area contributed by atoms with Crippen LogP contribution in [0.5, 0.6) is 0 Å². The minimum atomic E-state index is -0.555. The van der Waals surface area contributed by atoms with Crippen molar-refractivity contribution in [2.24, 2.45) is 5.92 Å². The highest BCUT2D eigenvalue weighted by Gasteiger charge is 2.33. The lowest BCUT2D eigenvalue weighted by atomic mass is 9.84. The molecule has 0 aliphatic carbocycles. The van der Waals surface area contributed by atoms with Crippen LogP contribution in [0.25, 0.3) is 0 Å². The van der Waals surface area contributed by atoms with Crippen LogP contribution in [0.2, 0.25) is 0 Å². The molecule has 1 aromatic rings. The van der Waals surface area contributed by atoms with E-state index in [1.165, 1.54) is 38.1 Å². The largest absolute Gasteiger partial charge is 0.308 e. The van der Waals surface area contributed by atoms with Gasteiger partial charge in [0.25, 0.3) is 5.69 Å². The molecule has 6 heteroatoms. The molecule has 1 N–H and O–H groups in total. The van der Waals surface area contributed by atoms with Gasteiger partial charge in [0.2, 0.25) is 0 Å². The van der Waals surface area contributed by atoms with Gasteiger partial charge in [0.1, 0.15) is 5.82 Å². The molecule has 3 aliphatic heterocycles. The molecule has 5 nitrogen and oxygen atoms in total. The Balaban J connectivity index is 1.65. The summed E-state index contributed by atoms with van der Waals surface area (Å²) in [6, 6.07) is 4.18. The van der Waals surface area contributed by atoms with E-state index in [9.17, 15) is 14.5 Å². The van der Waals surface area contributed by atoms with E-state index in [-0.39, 0.29) is 5.69 Å². The van der Waals surface area contributed by atoms with E-state index < -0.39 is 10.7 Å². The van der Waals surface area contributed by atoms with Crippen LogP contribution in [0.1, 0.15) is 18.4 Å². The first kappa shape index (κ1) is 13.5. The molecule has 3 fully saturated rings. The SMILES string of the molecule is O=[N+]([O-])c1cc(F)cc(CNC2CN3CCC2CC3)c1. The number of nitrogens with one attached hydrogen (secondary N) is 1. The highest BCUT2D eigenvalue weighted by atomic mass is 19.1. The maximum atomic E-state index is 13.4. The second-order valence-electron chi connectivity index (χ2n) is 5.70. The first-order valence-electron chi connectivity index (χ1n) is 7.01. The van der Waals surface area contributed by atoms with Gasteiger partial charge in [0.05, 0.1) is 11.0 Å². The molecule has 3 aliphatic rings. The molecule has 0 saturated carbocycles. The van der Waals surface area contributed by atoms with Gasteiger partial charge in [-0.2, -0.15) is 0 Å². The van der Waals surface area contributed by atoms with E-state index in [2.05, 4.69) is 10.2 Å². The van der Waals surface area contributed by atoms with Crippen LogP contribution >= 0.6 is 0 Å². The monoisotopic (exact) mass is 279 g/mol. The number of non-ortho nitro benzene ring substituents is 1. The molecule has 1 aromatic carbocycles. The summed E-state index contributed by atoms with van der Waals surface area (Å²) in [4.78, 5) is 12.6. The van der Waals surface area contributed by atoms with Crippen LogP contribution in [0.15, 0.2) is 18.2 Å². The van der Waals surface area contributed by atoms with E-state index in [1.807, 2.05) is 0 Å². The van der Waals surface area contributed by atoms with Crippen LogP contribution < -0.4 is 5.32 Å². The third-order valence-corrected chi connectivity index (χ3v) is 4.38. The lowest BCUT2D eigenvalue weighted by Crippen LogP contribution is -2.55. The van der Waals surface area contributed by atoms with Gasteiger partial charge in [-0.1, -0.05) is 0 Å². The Morgan fingerprint density at radius 1 is 1.35 bits per heavy atom. The van der Waals surface area contributed by atoms with Crippen molar-refractivity contribution >= 4 is 5.69 Å². The van der Waals surface area contributed by atoms with Crippen molar-refractivity contribution in [2.45, 2.75) is 25.4 Å². The van der Waals surface area contributed by atoms with Crippen LogP contribution in [-0.4, -0.2) is 35.5 Å². The molecule has 3 saturated heterocycles.